The third kappa shape index (κ3) is 28.8. The minimum absolute atomic E-state index is 0.0499. The molecule has 15 fully saturated rings. The Labute approximate surface area is 790 Å². The van der Waals surface area contributed by atoms with Gasteiger partial charge in [-0.05, 0) is 409 Å². The Morgan fingerprint density at radius 2 is 0.656 bits per heavy atom. The smallest absolute Gasteiger partial charge is 0.333 e. The van der Waals surface area contributed by atoms with E-state index in [4.69, 9.17) is 37.9 Å². The van der Waals surface area contributed by atoms with Crippen LogP contribution in [0.1, 0.15) is 381 Å². The minimum atomic E-state index is -0.614. The SMILES string of the molecule is C=C(C)C(=O)OC(C)(C)C12CC3CC(CC(C3)C1)C2.C=C(C)C(=O)OC(C)(C)c1ccccc1.C=C(C)C(=O)OC1(C)C2CC3CC(C2)CC1C3.C=C(C)C(=O)OC1(CC)C2CC3CC(C2)CC1C3.C=C(C)C(=O)OC1(CC)CCCC1.C=C(C)C(=O)OC1(CC)CCCCC1.C=C(C)C(=O)OC1(CC)CCCCCCC1.CC(=O)C(C)OC(C)(C)c1ccc2ccccc2c1. The molecular formula is C115H170O16. The molecule has 131 heavy (non-hydrogen) atoms. The number of benzene rings is 3. The molecule has 18 rings (SSSR count). The molecule has 16 heteroatoms. The van der Waals surface area contributed by atoms with Gasteiger partial charge in [0.2, 0.25) is 0 Å². The molecule has 1 atom stereocenters. The topological polar surface area (TPSA) is 210 Å². The van der Waals surface area contributed by atoms with Crippen LogP contribution in [0.3, 0.4) is 0 Å². The quantitative estimate of drug-likeness (QED) is 0.0464. The third-order valence-electron chi connectivity index (χ3n) is 32.2. The van der Waals surface area contributed by atoms with Crippen LogP contribution in [0.5, 0.6) is 0 Å². The predicted octanol–water partition coefficient (Wildman–Crippen LogP) is 28.3. The standard InChI is InChI=1S/C17H26O2.C17H20O2.C16H24O2.C15H22O2.C14H24O2.C13H16O2.C12H20O2.C11H18O2/c1-11(2)15(18)19-16(3,4)17-8-12-5-13(9-17)7-14(6-12)10-17;1-12(18)13(2)19-17(3,4)16-10-9-14-7-5-6-8-15(14)11-16;1-4-16(18-15(17)10(2)3)13-6-11-5-12(8-13)9-14(16)7-11;1-9(2)14(16)17-15(3)12-5-10-4-11(7-12)8-13(15)6-10;1-4-14(16-13(15)12(2)3)10-8-6-5-7-9-11-14;1-10(2)12(14)15-13(3,4)11-8-6-5-7-9-11;1-4-12(8-6-5-7-9-12)14-11(13)10(2)3;1-4-11(7-5-6-8-11)13-10(12)9(2)3/h12-14H,1,5-10H2,2-4H3;5-11,13H,1-4H3;11-14H,2,4-9H2,1,3H3;10-13H,1,4-8H2,2-3H3;2,4-11H2,1,3H3;5-9H,1H2,2-4H3;2,4-9H2,1,3H3;2,4-8H2,1,3H3. The van der Waals surface area contributed by atoms with Crippen LogP contribution in [0, 0.1) is 70.5 Å². The molecule has 3 aromatic carbocycles. The van der Waals surface area contributed by atoms with Crippen molar-refractivity contribution in [3.8, 4) is 0 Å². The highest BCUT2D eigenvalue weighted by molar-refractivity contribution is 5.90. The van der Waals surface area contributed by atoms with Crippen LogP contribution in [0.25, 0.3) is 10.8 Å². The zero-order valence-electron chi connectivity index (χ0n) is 84.8. The van der Waals surface area contributed by atoms with Crippen LogP contribution in [0.4, 0.5) is 0 Å². The number of ketones is 1. The fourth-order valence-corrected chi connectivity index (χ4v) is 24.5. The van der Waals surface area contributed by atoms with E-state index in [9.17, 15) is 38.4 Å². The van der Waals surface area contributed by atoms with Gasteiger partial charge in [0.05, 0.1) is 5.60 Å². The lowest BCUT2D eigenvalue weighted by molar-refractivity contribution is -0.207. The molecule has 12 bridgehead atoms. The molecule has 726 valence electrons. The number of ether oxygens (including phenoxy) is 8. The number of carbonyl (C=O) groups is 8. The van der Waals surface area contributed by atoms with Crippen molar-refractivity contribution in [2.45, 2.75) is 421 Å². The number of Topliss-reactive ketones (excluding diaryl/α,β-unsaturated/α-hetero) is 1. The lowest BCUT2D eigenvalue weighted by Crippen LogP contribution is -2.59. The normalized spacial score (nSPS) is 28.0. The Kier molecular flexibility index (Phi) is 38.9. The molecule has 1 unspecified atom stereocenters. The Morgan fingerprint density at radius 1 is 0.344 bits per heavy atom. The Hall–Kier alpha value is -7.98. The Morgan fingerprint density at radius 3 is 1.02 bits per heavy atom. The number of carbonyl (C=O) groups excluding carboxylic acids is 8. The molecule has 15 aliphatic rings. The van der Waals surface area contributed by atoms with E-state index in [1.165, 1.54) is 178 Å². The molecule has 15 aliphatic carbocycles. The maximum Gasteiger partial charge on any atom is 0.333 e. The summed E-state index contributed by atoms with van der Waals surface area (Å²) < 4.78 is 45.6. The third-order valence-corrected chi connectivity index (χ3v) is 32.2. The van der Waals surface area contributed by atoms with E-state index in [0.717, 1.165) is 117 Å². The van der Waals surface area contributed by atoms with Crippen molar-refractivity contribution >= 4 is 58.3 Å². The van der Waals surface area contributed by atoms with Gasteiger partial charge < -0.3 is 37.9 Å². The van der Waals surface area contributed by atoms with E-state index in [2.05, 4.69) is 125 Å². The number of hydrogen-bond acceptors (Lipinski definition) is 16. The number of esters is 7. The van der Waals surface area contributed by atoms with Crippen LogP contribution < -0.4 is 0 Å². The van der Waals surface area contributed by atoms with Crippen LogP contribution >= 0.6 is 0 Å². The summed E-state index contributed by atoms with van der Waals surface area (Å²) in [4.78, 5) is 92.9. The average Bonchev–Trinajstić information content (AvgIpc) is 0.832. The summed E-state index contributed by atoms with van der Waals surface area (Å²) in [6, 6.07) is 24.2. The highest BCUT2D eigenvalue weighted by atomic mass is 16.6. The van der Waals surface area contributed by atoms with Gasteiger partial charge in [0.25, 0.3) is 0 Å². The van der Waals surface area contributed by atoms with E-state index in [1.807, 2.05) is 70.2 Å². The molecule has 0 N–H and O–H groups in total. The van der Waals surface area contributed by atoms with Crippen molar-refractivity contribution in [2.24, 2.45) is 70.5 Å². The second kappa shape index (κ2) is 47.0. The molecule has 0 spiro atoms. The van der Waals surface area contributed by atoms with Gasteiger partial charge in [-0.1, -0.05) is 166 Å². The highest BCUT2D eigenvalue weighted by Gasteiger charge is 2.61. The van der Waals surface area contributed by atoms with Crippen molar-refractivity contribution in [2.75, 3.05) is 0 Å². The molecule has 0 aliphatic heterocycles. The average molecular weight is 1810 g/mol. The van der Waals surface area contributed by atoms with Crippen molar-refractivity contribution < 1.29 is 76.3 Å². The van der Waals surface area contributed by atoms with Gasteiger partial charge in [-0.25, -0.2) is 33.6 Å². The monoisotopic (exact) mass is 1810 g/mol. The summed E-state index contributed by atoms with van der Waals surface area (Å²) in [5.41, 5.74) is 3.41. The Balaban J connectivity index is 0.000000185. The molecule has 0 saturated heterocycles. The van der Waals surface area contributed by atoms with Crippen LogP contribution in [-0.4, -0.2) is 87.3 Å². The van der Waals surface area contributed by atoms with Gasteiger partial charge in [-0.2, -0.15) is 0 Å². The van der Waals surface area contributed by atoms with Gasteiger partial charge in [-0.15, -0.1) is 0 Å². The first kappa shape index (κ1) is 108. The summed E-state index contributed by atoms with van der Waals surface area (Å²) in [6.07, 6.45) is 42.8. The largest absolute Gasteiger partial charge is 0.456 e. The lowest BCUT2D eigenvalue weighted by Gasteiger charge is -2.61. The first-order chi connectivity index (χ1) is 61.5. The maximum absolute atomic E-state index is 12.0. The van der Waals surface area contributed by atoms with E-state index < -0.39 is 11.2 Å². The van der Waals surface area contributed by atoms with Gasteiger partial charge in [0.15, 0.2) is 5.78 Å². The first-order valence-corrected chi connectivity index (χ1v) is 50.4. The highest BCUT2D eigenvalue weighted by Crippen LogP contribution is 2.65. The fourth-order valence-electron chi connectivity index (χ4n) is 24.5. The Bertz CT molecular complexity index is 4390. The fraction of sp³-hybridized carbons (Fsp3) is 0.670. The predicted molar refractivity (Wildman–Crippen MR) is 527 cm³/mol. The van der Waals surface area contributed by atoms with Gasteiger partial charge in [-0.3, -0.25) is 4.79 Å². The van der Waals surface area contributed by atoms with Gasteiger partial charge >= 0.3 is 41.8 Å². The summed E-state index contributed by atoms with van der Waals surface area (Å²) in [5, 5.41) is 2.40. The van der Waals surface area contributed by atoms with Crippen LogP contribution in [0.2, 0.25) is 0 Å². The summed E-state index contributed by atoms with van der Waals surface area (Å²) >= 11 is 0. The second-order valence-electron chi connectivity index (χ2n) is 44.0. The number of hydrogen-bond donors (Lipinski definition) is 0. The number of fused-ring (bicyclic) bond motifs is 1. The van der Waals surface area contributed by atoms with Crippen LogP contribution in [-0.2, 0) is 87.5 Å². The van der Waals surface area contributed by atoms with E-state index in [0.29, 0.717) is 62.7 Å². The zero-order valence-corrected chi connectivity index (χ0v) is 84.8. The van der Waals surface area contributed by atoms with Gasteiger partial charge in [0.1, 0.15) is 45.3 Å². The molecule has 0 radical (unpaired) electrons. The minimum Gasteiger partial charge on any atom is -0.456 e. The van der Waals surface area contributed by atoms with Crippen molar-refractivity contribution in [3.05, 3.63) is 169 Å². The van der Waals surface area contributed by atoms with E-state index in [-0.39, 0.29) is 92.7 Å². The van der Waals surface area contributed by atoms with Crippen molar-refractivity contribution in [1.29, 1.82) is 0 Å². The summed E-state index contributed by atoms with van der Waals surface area (Å²) in [6.45, 7) is 63.5. The number of rotatable bonds is 24. The van der Waals surface area contributed by atoms with Gasteiger partial charge in [0, 0.05) is 44.4 Å². The van der Waals surface area contributed by atoms with Crippen molar-refractivity contribution in [1.82, 2.24) is 0 Å². The summed E-state index contributed by atoms with van der Waals surface area (Å²) in [5.74, 6) is 7.14. The first-order valence-electron chi connectivity index (χ1n) is 50.4. The molecular weight excluding hydrogens is 1640 g/mol. The van der Waals surface area contributed by atoms with Crippen molar-refractivity contribution in [3.63, 3.8) is 0 Å². The lowest BCUT2D eigenvalue weighted by atomic mass is 9.46. The molecule has 0 amide bonds. The van der Waals surface area contributed by atoms with Crippen LogP contribution in [0.15, 0.2) is 158 Å². The van der Waals surface area contributed by atoms with E-state index >= 15 is 0 Å². The molecule has 16 nitrogen and oxygen atoms in total. The molecule has 15 saturated carbocycles. The maximum atomic E-state index is 12.0. The zero-order chi connectivity index (χ0) is 97.0. The summed E-state index contributed by atoms with van der Waals surface area (Å²) in [7, 11) is 0. The molecule has 0 aromatic heterocycles. The molecule has 3 aromatic rings. The second-order valence-corrected chi connectivity index (χ2v) is 44.0. The van der Waals surface area contributed by atoms with E-state index in [1.54, 1.807) is 62.3 Å². The molecule has 0 heterocycles.